The molecule has 0 aromatic carbocycles. The molecule has 14 heavy (non-hydrogen) atoms. The summed E-state index contributed by atoms with van der Waals surface area (Å²) in [6, 6.07) is 0.0422. The molecule has 1 amide bonds. The van der Waals surface area contributed by atoms with E-state index < -0.39 is 0 Å². The number of nitrogens with one attached hydrogen (secondary N) is 2. The fourth-order valence-corrected chi connectivity index (χ4v) is 2.10. The largest absolute Gasteiger partial charge is 0.339 e. The molecule has 2 aliphatic heterocycles. The van der Waals surface area contributed by atoms with E-state index in [4.69, 9.17) is 0 Å². The minimum Gasteiger partial charge on any atom is -0.339 e. The molecule has 0 aliphatic carbocycles. The fraction of sp³-hybridized carbons (Fsp3) is 0.900. The Hall–Kier alpha value is -0.610. The third-order valence-corrected chi connectivity index (χ3v) is 3.22. The van der Waals surface area contributed by atoms with Crippen LogP contribution in [0.4, 0.5) is 0 Å². The highest BCUT2D eigenvalue weighted by Gasteiger charge is 2.44. The van der Waals surface area contributed by atoms with Crippen LogP contribution in [0.5, 0.6) is 0 Å². The summed E-state index contributed by atoms with van der Waals surface area (Å²) in [4.78, 5) is 14.0. The van der Waals surface area contributed by atoms with Crippen molar-refractivity contribution in [2.75, 3.05) is 32.7 Å². The zero-order valence-electron chi connectivity index (χ0n) is 8.97. The van der Waals surface area contributed by atoms with Gasteiger partial charge in [-0.2, -0.15) is 0 Å². The van der Waals surface area contributed by atoms with Crippen molar-refractivity contribution in [1.82, 2.24) is 15.5 Å². The van der Waals surface area contributed by atoms with Crippen molar-refractivity contribution >= 4 is 5.91 Å². The minimum atomic E-state index is 0.0422. The van der Waals surface area contributed by atoms with Crippen LogP contribution in [-0.4, -0.2) is 49.6 Å². The monoisotopic (exact) mass is 197 g/mol. The van der Waals surface area contributed by atoms with E-state index in [2.05, 4.69) is 24.5 Å². The number of hydrogen-bond donors (Lipinski definition) is 2. The predicted molar refractivity (Wildman–Crippen MR) is 55.0 cm³/mol. The molecule has 1 unspecified atom stereocenters. The van der Waals surface area contributed by atoms with Crippen LogP contribution >= 0.6 is 0 Å². The topological polar surface area (TPSA) is 44.4 Å². The van der Waals surface area contributed by atoms with Gasteiger partial charge in [-0.15, -0.1) is 0 Å². The Morgan fingerprint density at radius 2 is 2.00 bits per heavy atom. The zero-order chi connectivity index (χ0) is 10.2. The molecule has 0 bridgehead atoms. The summed E-state index contributed by atoms with van der Waals surface area (Å²) in [7, 11) is 0. The quantitative estimate of drug-likeness (QED) is 0.591. The van der Waals surface area contributed by atoms with Crippen LogP contribution in [-0.2, 0) is 4.79 Å². The molecular formula is C10H19N3O. The third-order valence-electron chi connectivity index (χ3n) is 3.22. The molecule has 0 saturated carbocycles. The smallest absolute Gasteiger partial charge is 0.240 e. The van der Waals surface area contributed by atoms with Crippen LogP contribution in [0.1, 0.15) is 13.8 Å². The molecule has 0 spiro atoms. The lowest BCUT2D eigenvalue weighted by Gasteiger charge is -2.46. The van der Waals surface area contributed by atoms with Gasteiger partial charge in [-0.05, 0) is 0 Å². The second-order valence-corrected chi connectivity index (χ2v) is 4.88. The number of carbonyl (C=O) groups is 1. The maximum atomic E-state index is 12.0. The Kier molecular flexibility index (Phi) is 2.49. The minimum absolute atomic E-state index is 0.0422. The molecule has 2 saturated heterocycles. The van der Waals surface area contributed by atoms with Gasteiger partial charge in [-0.1, -0.05) is 13.8 Å². The zero-order valence-corrected chi connectivity index (χ0v) is 8.97. The van der Waals surface area contributed by atoms with Crippen molar-refractivity contribution in [3.8, 4) is 0 Å². The number of piperazine rings is 1. The van der Waals surface area contributed by atoms with Gasteiger partial charge < -0.3 is 15.5 Å². The van der Waals surface area contributed by atoms with E-state index in [0.717, 1.165) is 32.7 Å². The molecule has 2 aliphatic rings. The highest BCUT2D eigenvalue weighted by Crippen LogP contribution is 2.29. The van der Waals surface area contributed by atoms with Crippen molar-refractivity contribution in [3.63, 3.8) is 0 Å². The van der Waals surface area contributed by atoms with Crippen molar-refractivity contribution in [1.29, 1.82) is 0 Å². The molecule has 2 heterocycles. The average Bonchev–Trinajstić information content (AvgIpc) is 2.18. The first kappa shape index (κ1) is 9.93. The Labute approximate surface area is 85.0 Å². The van der Waals surface area contributed by atoms with E-state index in [9.17, 15) is 4.79 Å². The molecule has 80 valence electrons. The van der Waals surface area contributed by atoms with Gasteiger partial charge in [0.1, 0.15) is 0 Å². The van der Waals surface area contributed by atoms with Crippen molar-refractivity contribution in [3.05, 3.63) is 0 Å². The third kappa shape index (κ3) is 1.64. The van der Waals surface area contributed by atoms with E-state index in [0.29, 0.717) is 0 Å². The van der Waals surface area contributed by atoms with Crippen LogP contribution in [0.3, 0.4) is 0 Å². The van der Waals surface area contributed by atoms with Gasteiger partial charge in [0.05, 0.1) is 6.04 Å². The van der Waals surface area contributed by atoms with Gasteiger partial charge in [-0.3, -0.25) is 4.79 Å². The lowest BCUT2D eigenvalue weighted by Crippen LogP contribution is -2.67. The fourth-order valence-electron chi connectivity index (χ4n) is 2.10. The predicted octanol–water partition coefficient (Wildman–Crippen LogP) is -0.584. The summed E-state index contributed by atoms with van der Waals surface area (Å²) < 4.78 is 0. The molecule has 2 fully saturated rings. The van der Waals surface area contributed by atoms with Gasteiger partial charge in [-0.25, -0.2) is 0 Å². The number of amides is 1. The number of rotatable bonds is 1. The molecule has 2 rings (SSSR count). The summed E-state index contributed by atoms with van der Waals surface area (Å²) in [6.07, 6.45) is 0. The summed E-state index contributed by atoms with van der Waals surface area (Å²) in [5.41, 5.74) is 0.141. The highest BCUT2D eigenvalue weighted by atomic mass is 16.2. The second-order valence-electron chi connectivity index (χ2n) is 4.88. The van der Waals surface area contributed by atoms with Crippen LogP contribution in [0, 0.1) is 5.41 Å². The lowest BCUT2D eigenvalue weighted by atomic mass is 9.76. The Morgan fingerprint density at radius 3 is 2.43 bits per heavy atom. The van der Waals surface area contributed by atoms with Crippen LogP contribution in [0.2, 0.25) is 0 Å². The van der Waals surface area contributed by atoms with Gasteiger partial charge in [0.2, 0.25) is 5.91 Å². The SMILES string of the molecule is CC1(C)CNC1C(=O)N1CCNCC1. The second kappa shape index (κ2) is 3.51. The lowest BCUT2D eigenvalue weighted by molar-refractivity contribution is -0.140. The highest BCUT2D eigenvalue weighted by molar-refractivity contribution is 5.84. The molecule has 4 heteroatoms. The average molecular weight is 197 g/mol. The van der Waals surface area contributed by atoms with Crippen LogP contribution < -0.4 is 10.6 Å². The first-order chi connectivity index (χ1) is 6.61. The van der Waals surface area contributed by atoms with E-state index in [1.165, 1.54) is 0 Å². The normalized spacial score (nSPS) is 31.0. The van der Waals surface area contributed by atoms with Gasteiger partial charge >= 0.3 is 0 Å². The molecular weight excluding hydrogens is 178 g/mol. The van der Waals surface area contributed by atoms with E-state index in [1.807, 2.05) is 4.90 Å². The first-order valence-electron chi connectivity index (χ1n) is 5.34. The Morgan fingerprint density at radius 1 is 1.36 bits per heavy atom. The Balaban J connectivity index is 1.94. The first-order valence-corrected chi connectivity index (χ1v) is 5.34. The van der Waals surface area contributed by atoms with E-state index >= 15 is 0 Å². The summed E-state index contributed by atoms with van der Waals surface area (Å²) >= 11 is 0. The van der Waals surface area contributed by atoms with Crippen LogP contribution in [0.25, 0.3) is 0 Å². The van der Waals surface area contributed by atoms with Gasteiger partial charge in [0.25, 0.3) is 0 Å². The Bertz CT molecular complexity index is 234. The molecule has 0 radical (unpaired) electrons. The van der Waals surface area contributed by atoms with Gasteiger partial charge in [0, 0.05) is 38.1 Å². The molecule has 0 aromatic heterocycles. The number of carbonyl (C=O) groups excluding carboxylic acids is 1. The maximum Gasteiger partial charge on any atom is 0.240 e. The molecule has 2 N–H and O–H groups in total. The van der Waals surface area contributed by atoms with E-state index in [-0.39, 0.29) is 17.4 Å². The molecule has 0 aromatic rings. The maximum absolute atomic E-state index is 12.0. The van der Waals surface area contributed by atoms with Crippen molar-refractivity contribution in [2.24, 2.45) is 5.41 Å². The standard InChI is InChI=1S/C10H19N3O/c1-10(2)7-12-8(10)9(14)13-5-3-11-4-6-13/h8,11-12H,3-7H2,1-2H3. The summed E-state index contributed by atoms with van der Waals surface area (Å²) in [6.45, 7) is 8.82. The number of hydrogen-bond acceptors (Lipinski definition) is 3. The molecule has 4 nitrogen and oxygen atoms in total. The summed E-state index contributed by atoms with van der Waals surface area (Å²) in [5.74, 6) is 0.280. The van der Waals surface area contributed by atoms with Crippen molar-refractivity contribution < 1.29 is 4.79 Å². The molecule has 1 atom stereocenters. The number of nitrogens with zero attached hydrogens (tertiary/aromatic N) is 1. The summed E-state index contributed by atoms with van der Waals surface area (Å²) in [5, 5.41) is 6.47. The van der Waals surface area contributed by atoms with Crippen molar-refractivity contribution in [2.45, 2.75) is 19.9 Å². The van der Waals surface area contributed by atoms with Crippen LogP contribution in [0.15, 0.2) is 0 Å². The van der Waals surface area contributed by atoms with Gasteiger partial charge in [0.15, 0.2) is 0 Å². The van der Waals surface area contributed by atoms with E-state index in [1.54, 1.807) is 0 Å².